The van der Waals surface area contributed by atoms with Crippen molar-refractivity contribution in [2.75, 3.05) is 32.1 Å². The van der Waals surface area contributed by atoms with Crippen molar-refractivity contribution < 1.29 is 14.3 Å². The number of rotatable bonds is 5. The highest BCUT2D eigenvalue weighted by atomic mass is 79.9. The minimum atomic E-state index is -0.0441. The van der Waals surface area contributed by atoms with E-state index in [2.05, 4.69) is 21.2 Å². The molecule has 0 spiro atoms. The number of likely N-dealkylation sites (N-methyl/N-ethyl adjacent to an activating group) is 1. The third-order valence-corrected chi connectivity index (χ3v) is 4.13. The molecule has 1 heterocycles. The lowest BCUT2D eigenvalue weighted by Crippen LogP contribution is -2.29. The fourth-order valence-electron chi connectivity index (χ4n) is 2.53. The molecule has 0 fully saturated rings. The smallest absolute Gasteiger partial charge is 0.238 e. The van der Waals surface area contributed by atoms with Crippen molar-refractivity contribution in [3.63, 3.8) is 0 Å². The predicted octanol–water partition coefficient (Wildman–Crippen LogP) is 3.29. The Bertz CT molecular complexity index is 719. The second-order valence-electron chi connectivity index (χ2n) is 5.71. The average Bonchev–Trinajstić information content (AvgIpc) is 2.56. The summed E-state index contributed by atoms with van der Waals surface area (Å²) in [6.07, 6.45) is 0. The molecular formula is C18H19BrN2O3. The lowest BCUT2D eigenvalue weighted by atomic mass is 10.2. The maximum absolute atomic E-state index is 12.1. The number of ether oxygens (including phenoxy) is 2. The number of carbonyl (C=O) groups excluding carboxylic acids is 1. The molecule has 0 bridgehead atoms. The van der Waals surface area contributed by atoms with Gasteiger partial charge in [-0.3, -0.25) is 9.69 Å². The molecule has 24 heavy (non-hydrogen) atoms. The van der Waals surface area contributed by atoms with Crippen LogP contribution in [0.2, 0.25) is 0 Å². The predicted molar refractivity (Wildman–Crippen MR) is 96.5 cm³/mol. The topological polar surface area (TPSA) is 50.8 Å². The molecular weight excluding hydrogens is 372 g/mol. The van der Waals surface area contributed by atoms with Crippen LogP contribution >= 0.6 is 15.9 Å². The second kappa shape index (κ2) is 7.68. The van der Waals surface area contributed by atoms with E-state index < -0.39 is 0 Å². The molecule has 6 heteroatoms. The molecule has 0 radical (unpaired) electrons. The molecule has 3 rings (SSSR count). The molecule has 0 atom stereocenters. The summed E-state index contributed by atoms with van der Waals surface area (Å²) >= 11 is 3.38. The number of halogens is 1. The van der Waals surface area contributed by atoms with Gasteiger partial charge in [-0.15, -0.1) is 0 Å². The van der Waals surface area contributed by atoms with Crippen molar-refractivity contribution >= 4 is 27.5 Å². The normalized spacial score (nSPS) is 13.0. The summed E-state index contributed by atoms with van der Waals surface area (Å²) in [5.41, 5.74) is 1.87. The number of fused-ring (bicyclic) bond motifs is 1. The van der Waals surface area contributed by atoms with Gasteiger partial charge in [-0.05, 0) is 49.0 Å². The molecule has 2 aromatic carbocycles. The van der Waals surface area contributed by atoms with E-state index in [0.717, 1.165) is 27.2 Å². The van der Waals surface area contributed by atoms with Crippen molar-refractivity contribution in [3.05, 3.63) is 52.5 Å². The van der Waals surface area contributed by atoms with Crippen LogP contribution in [0.4, 0.5) is 5.69 Å². The van der Waals surface area contributed by atoms with Crippen LogP contribution in [0.3, 0.4) is 0 Å². The van der Waals surface area contributed by atoms with Crippen molar-refractivity contribution in [3.8, 4) is 11.5 Å². The van der Waals surface area contributed by atoms with Gasteiger partial charge in [0.05, 0.1) is 6.54 Å². The molecule has 1 aliphatic rings. The summed E-state index contributed by atoms with van der Waals surface area (Å²) in [6.45, 7) is 2.12. The van der Waals surface area contributed by atoms with Crippen LogP contribution in [0.5, 0.6) is 11.5 Å². The quantitative estimate of drug-likeness (QED) is 0.850. The number of anilines is 1. The van der Waals surface area contributed by atoms with Gasteiger partial charge in [-0.25, -0.2) is 0 Å². The molecule has 126 valence electrons. The first kappa shape index (κ1) is 16.8. The van der Waals surface area contributed by atoms with Gasteiger partial charge >= 0.3 is 0 Å². The highest BCUT2D eigenvalue weighted by Crippen LogP contribution is 2.31. The Labute approximate surface area is 149 Å². The van der Waals surface area contributed by atoms with Gasteiger partial charge in [0.15, 0.2) is 11.5 Å². The van der Waals surface area contributed by atoms with E-state index in [1.54, 1.807) is 0 Å². The van der Waals surface area contributed by atoms with E-state index in [4.69, 9.17) is 9.47 Å². The Morgan fingerprint density at radius 3 is 2.58 bits per heavy atom. The van der Waals surface area contributed by atoms with Gasteiger partial charge in [0.25, 0.3) is 0 Å². The zero-order chi connectivity index (χ0) is 16.9. The Hall–Kier alpha value is -2.05. The Kier molecular flexibility index (Phi) is 5.37. The molecule has 1 aliphatic heterocycles. The summed E-state index contributed by atoms with van der Waals surface area (Å²) in [5.74, 6) is 1.50. The number of carbonyl (C=O) groups is 1. The minimum absolute atomic E-state index is 0.0441. The fourth-order valence-corrected chi connectivity index (χ4v) is 2.80. The lowest BCUT2D eigenvalue weighted by molar-refractivity contribution is -0.117. The maximum Gasteiger partial charge on any atom is 0.238 e. The minimum Gasteiger partial charge on any atom is -0.486 e. The maximum atomic E-state index is 12.1. The molecule has 0 aliphatic carbocycles. The largest absolute Gasteiger partial charge is 0.486 e. The molecule has 0 saturated heterocycles. The van der Waals surface area contributed by atoms with E-state index in [9.17, 15) is 4.79 Å². The zero-order valence-corrected chi connectivity index (χ0v) is 15.0. The third-order valence-electron chi connectivity index (χ3n) is 3.60. The molecule has 0 unspecified atom stereocenters. The first-order valence-corrected chi connectivity index (χ1v) is 8.52. The highest BCUT2D eigenvalue weighted by Gasteiger charge is 2.13. The van der Waals surface area contributed by atoms with Crippen LogP contribution in [0, 0.1) is 0 Å². The lowest BCUT2D eigenvalue weighted by Gasteiger charge is -2.21. The summed E-state index contributed by atoms with van der Waals surface area (Å²) in [7, 11) is 1.91. The van der Waals surface area contributed by atoms with Crippen LogP contribution in [0.25, 0.3) is 0 Å². The summed E-state index contributed by atoms with van der Waals surface area (Å²) in [5, 5.41) is 2.89. The molecule has 0 saturated carbocycles. The zero-order valence-electron chi connectivity index (χ0n) is 13.4. The second-order valence-corrected chi connectivity index (χ2v) is 6.62. The summed E-state index contributed by atoms with van der Waals surface area (Å²) in [4.78, 5) is 14.1. The van der Waals surface area contributed by atoms with E-state index in [0.29, 0.717) is 26.3 Å². The Balaban J connectivity index is 1.54. The van der Waals surface area contributed by atoms with Crippen molar-refractivity contribution in [2.45, 2.75) is 6.54 Å². The Morgan fingerprint density at radius 1 is 1.12 bits per heavy atom. The number of hydrogen-bond donors (Lipinski definition) is 1. The third kappa shape index (κ3) is 4.49. The van der Waals surface area contributed by atoms with Crippen LogP contribution < -0.4 is 14.8 Å². The molecule has 2 aromatic rings. The highest BCUT2D eigenvalue weighted by molar-refractivity contribution is 9.10. The van der Waals surface area contributed by atoms with Gasteiger partial charge in [-0.2, -0.15) is 0 Å². The number of amides is 1. The SMILES string of the molecule is CN(CC(=O)Nc1ccc(Br)cc1)Cc1ccc2c(c1)OCCO2. The molecule has 1 amide bonds. The average molecular weight is 391 g/mol. The first-order chi connectivity index (χ1) is 11.6. The molecule has 1 N–H and O–H groups in total. The van der Waals surface area contributed by atoms with E-state index >= 15 is 0 Å². The summed E-state index contributed by atoms with van der Waals surface area (Å²) < 4.78 is 12.1. The van der Waals surface area contributed by atoms with Crippen LogP contribution in [-0.2, 0) is 11.3 Å². The van der Waals surface area contributed by atoms with Crippen molar-refractivity contribution in [1.82, 2.24) is 4.90 Å². The number of hydrogen-bond acceptors (Lipinski definition) is 4. The van der Waals surface area contributed by atoms with E-state index in [1.807, 2.05) is 54.4 Å². The van der Waals surface area contributed by atoms with E-state index in [1.165, 1.54) is 0 Å². The number of nitrogens with one attached hydrogen (secondary N) is 1. The standard InChI is InChI=1S/C18H19BrN2O3/c1-21(12-18(22)20-15-5-3-14(19)4-6-15)11-13-2-7-16-17(10-13)24-9-8-23-16/h2-7,10H,8-9,11-12H2,1H3,(H,20,22). The van der Waals surface area contributed by atoms with Gasteiger partial charge in [-0.1, -0.05) is 22.0 Å². The number of benzene rings is 2. The van der Waals surface area contributed by atoms with Crippen molar-refractivity contribution in [1.29, 1.82) is 0 Å². The monoisotopic (exact) mass is 390 g/mol. The fraction of sp³-hybridized carbons (Fsp3) is 0.278. The van der Waals surface area contributed by atoms with Gasteiger partial charge < -0.3 is 14.8 Å². The number of nitrogens with zero attached hydrogens (tertiary/aromatic N) is 1. The van der Waals surface area contributed by atoms with Crippen molar-refractivity contribution in [2.24, 2.45) is 0 Å². The van der Waals surface area contributed by atoms with Gasteiger partial charge in [0.1, 0.15) is 13.2 Å². The van der Waals surface area contributed by atoms with Gasteiger partial charge in [0, 0.05) is 16.7 Å². The van der Waals surface area contributed by atoms with Gasteiger partial charge in [0.2, 0.25) is 5.91 Å². The first-order valence-electron chi connectivity index (χ1n) is 7.72. The van der Waals surface area contributed by atoms with Crippen LogP contribution in [0.1, 0.15) is 5.56 Å². The van der Waals surface area contributed by atoms with Crippen LogP contribution in [-0.4, -0.2) is 37.6 Å². The Morgan fingerprint density at radius 2 is 1.83 bits per heavy atom. The van der Waals surface area contributed by atoms with Crippen LogP contribution in [0.15, 0.2) is 46.9 Å². The van der Waals surface area contributed by atoms with E-state index in [-0.39, 0.29) is 5.91 Å². The molecule has 5 nitrogen and oxygen atoms in total. The summed E-state index contributed by atoms with van der Waals surface area (Å²) in [6, 6.07) is 13.4. The molecule has 0 aromatic heterocycles.